The highest BCUT2D eigenvalue weighted by Gasteiger charge is 2.17. The van der Waals surface area contributed by atoms with E-state index in [1.165, 1.54) is 0 Å². The average molecular weight is 207 g/mol. The molecule has 2 rings (SSSR count). The number of nitrogens with zero attached hydrogens (tertiary/aromatic N) is 3. The van der Waals surface area contributed by atoms with E-state index in [1.54, 1.807) is 12.4 Å². The fraction of sp³-hybridized carbons (Fsp3) is 0.444. The third-order valence-electron chi connectivity index (χ3n) is 2.28. The number of H-pyrrole nitrogens is 1. The van der Waals surface area contributed by atoms with Gasteiger partial charge in [0.25, 0.3) is 0 Å². The third kappa shape index (κ3) is 1.89. The molecular formula is C9H13N5O. The van der Waals surface area contributed by atoms with E-state index in [-0.39, 0.29) is 5.92 Å². The third-order valence-corrected chi connectivity index (χ3v) is 2.28. The molecule has 2 heterocycles. The van der Waals surface area contributed by atoms with Gasteiger partial charge in [-0.05, 0) is 6.42 Å². The summed E-state index contributed by atoms with van der Waals surface area (Å²) in [4.78, 5) is 11.2. The van der Waals surface area contributed by atoms with Crippen LogP contribution in [0.5, 0.6) is 0 Å². The summed E-state index contributed by atoms with van der Waals surface area (Å²) < 4.78 is 5.13. The molecule has 0 saturated heterocycles. The Hall–Kier alpha value is -1.69. The number of aromatic nitrogens is 4. The molecule has 0 saturated carbocycles. The molecule has 1 unspecified atom stereocenters. The second kappa shape index (κ2) is 4.22. The Morgan fingerprint density at radius 3 is 3.07 bits per heavy atom. The average Bonchev–Trinajstić information content (AvgIpc) is 2.89. The van der Waals surface area contributed by atoms with Crippen LogP contribution in [0.1, 0.15) is 25.2 Å². The molecule has 2 aromatic heterocycles. The second-order valence-corrected chi connectivity index (χ2v) is 3.23. The first-order valence-electron chi connectivity index (χ1n) is 4.88. The maximum absolute atomic E-state index is 5.59. The molecule has 0 aromatic carbocycles. The molecule has 15 heavy (non-hydrogen) atoms. The summed E-state index contributed by atoms with van der Waals surface area (Å²) in [5, 5.41) is 3.84. The van der Waals surface area contributed by atoms with Crippen molar-refractivity contribution in [3.8, 4) is 11.6 Å². The predicted octanol–water partition coefficient (Wildman–Crippen LogP) is 0.912. The molecule has 6 nitrogen and oxygen atoms in total. The molecule has 0 aliphatic carbocycles. The van der Waals surface area contributed by atoms with Crippen molar-refractivity contribution in [1.82, 2.24) is 20.1 Å². The van der Waals surface area contributed by atoms with E-state index in [9.17, 15) is 0 Å². The number of hydrogen-bond acceptors (Lipinski definition) is 5. The molecular weight excluding hydrogens is 194 g/mol. The molecule has 0 aliphatic rings. The van der Waals surface area contributed by atoms with Crippen LogP contribution in [-0.2, 0) is 0 Å². The quantitative estimate of drug-likeness (QED) is 0.777. The van der Waals surface area contributed by atoms with Gasteiger partial charge >= 0.3 is 0 Å². The monoisotopic (exact) mass is 207 g/mol. The van der Waals surface area contributed by atoms with Crippen LogP contribution in [0.15, 0.2) is 16.9 Å². The second-order valence-electron chi connectivity index (χ2n) is 3.23. The molecule has 0 aliphatic heterocycles. The Labute approximate surface area is 86.9 Å². The Morgan fingerprint density at radius 1 is 1.60 bits per heavy atom. The number of nitrogens with one attached hydrogen (secondary N) is 1. The van der Waals surface area contributed by atoms with Gasteiger partial charge in [-0.2, -0.15) is 4.98 Å². The highest BCUT2D eigenvalue weighted by atomic mass is 16.5. The van der Waals surface area contributed by atoms with Crippen LogP contribution in [-0.4, -0.2) is 26.7 Å². The van der Waals surface area contributed by atoms with Gasteiger partial charge in [0.15, 0.2) is 5.82 Å². The van der Waals surface area contributed by atoms with Crippen LogP contribution in [0, 0.1) is 0 Å². The van der Waals surface area contributed by atoms with Crippen LogP contribution < -0.4 is 5.73 Å². The van der Waals surface area contributed by atoms with Crippen molar-refractivity contribution in [2.45, 2.75) is 19.3 Å². The SMILES string of the molecule is CCC(CN)c1nc(-c2ncc[nH]2)no1. The van der Waals surface area contributed by atoms with Gasteiger partial charge in [-0.15, -0.1) is 0 Å². The Bertz CT molecular complexity index is 404. The summed E-state index contributed by atoms with van der Waals surface area (Å²) in [5.41, 5.74) is 5.59. The van der Waals surface area contributed by atoms with Crippen molar-refractivity contribution in [3.63, 3.8) is 0 Å². The number of rotatable bonds is 4. The Morgan fingerprint density at radius 2 is 2.47 bits per heavy atom. The first-order chi connectivity index (χ1) is 7.35. The van der Waals surface area contributed by atoms with Gasteiger partial charge in [0.1, 0.15) is 0 Å². The van der Waals surface area contributed by atoms with Crippen LogP contribution in [0.25, 0.3) is 11.6 Å². The first-order valence-corrected chi connectivity index (χ1v) is 4.88. The van der Waals surface area contributed by atoms with E-state index < -0.39 is 0 Å². The zero-order chi connectivity index (χ0) is 10.7. The minimum Gasteiger partial charge on any atom is -0.342 e. The van der Waals surface area contributed by atoms with E-state index in [1.807, 2.05) is 6.92 Å². The lowest BCUT2D eigenvalue weighted by Crippen LogP contribution is -2.11. The molecule has 0 spiro atoms. The van der Waals surface area contributed by atoms with Gasteiger partial charge in [0.2, 0.25) is 11.7 Å². The van der Waals surface area contributed by atoms with Crippen LogP contribution in [0.2, 0.25) is 0 Å². The molecule has 80 valence electrons. The van der Waals surface area contributed by atoms with Crippen LogP contribution in [0.3, 0.4) is 0 Å². The molecule has 6 heteroatoms. The molecule has 0 bridgehead atoms. The van der Waals surface area contributed by atoms with Crippen molar-refractivity contribution < 1.29 is 4.52 Å². The Balaban J connectivity index is 2.24. The van der Waals surface area contributed by atoms with E-state index in [0.29, 0.717) is 24.1 Å². The highest BCUT2D eigenvalue weighted by molar-refractivity contribution is 5.40. The summed E-state index contributed by atoms with van der Waals surface area (Å²) in [5.74, 6) is 1.78. The lowest BCUT2D eigenvalue weighted by atomic mass is 10.1. The van der Waals surface area contributed by atoms with Gasteiger partial charge in [0.05, 0.1) is 5.92 Å². The lowest BCUT2D eigenvalue weighted by molar-refractivity contribution is 0.351. The van der Waals surface area contributed by atoms with Crippen LogP contribution >= 0.6 is 0 Å². The lowest BCUT2D eigenvalue weighted by Gasteiger charge is -2.03. The van der Waals surface area contributed by atoms with E-state index in [2.05, 4.69) is 20.1 Å². The van der Waals surface area contributed by atoms with E-state index in [0.717, 1.165) is 6.42 Å². The summed E-state index contributed by atoms with van der Waals surface area (Å²) in [6.45, 7) is 2.55. The summed E-state index contributed by atoms with van der Waals surface area (Å²) in [6, 6.07) is 0. The van der Waals surface area contributed by atoms with Gasteiger partial charge < -0.3 is 15.2 Å². The molecule has 3 N–H and O–H groups in total. The van der Waals surface area contributed by atoms with Gasteiger partial charge in [-0.1, -0.05) is 12.1 Å². The van der Waals surface area contributed by atoms with Crippen molar-refractivity contribution >= 4 is 0 Å². The normalized spacial score (nSPS) is 12.9. The highest BCUT2D eigenvalue weighted by Crippen LogP contribution is 2.18. The molecule has 0 radical (unpaired) electrons. The standard InChI is InChI=1S/C9H13N5O/c1-2-6(5-10)9-13-8(14-15-9)7-11-3-4-12-7/h3-4,6H,2,5,10H2,1H3,(H,11,12). The van der Waals surface area contributed by atoms with E-state index >= 15 is 0 Å². The van der Waals surface area contributed by atoms with Gasteiger partial charge in [0, 0.05) is 18.9 Å². The number of aromatic amines is 1. The number of imidazole rings is 1. The topological polar surface area (TPSA) is 93.6 Å². The molecule has 1 atom stereocenters. The largest absolute Gasteiger partial charge is 0.342 e. The maximum atomic E-state index is 5.59. The fourth-order valence-electron chi connectivity index (χ4n) is 1.33. The summed E-state index contributed by atoms with van der Waals surface area (Å²) in [7, 11) is 0. The predicted molar refractivity (Wildman–Crippen MR) is 54.0 cm³/mol. The Kier molecular flexibility index (Phi) is 2.77. The maximum Gasteiger partial charge on any atom is 0.238 e. The van der Waals surface area contributed by atoms with Crippen molar-refractivity contribution in [3.05, 3.63) is 18.3 Å². The smallest absolute Gasteiger partial charge is 0.238 e. The fourth-order valence-corrected chi connectivity index (χ4v) is 1.33. The zero-order valence-corrected chi connectivity index (χ0v) is 8.47. The number of hydrogen-bond donors (Lipinski definition) is 2. The summed E-state index contributed by atoms with van der Waals surface area (Å²) >= 11 is 0. The minimum absolute atomic E-state index is 0.126. The van der Waals surface area contributed by atoms with Crippen molar-refractivity contribution in [1.29, 1.82) is 0 Å². The zero-order valence-electron chi connectivity index (χ0n) is 8.47. The van der Waals surface area contributed by atoms with E-state index in [4.69, 9.17) is 10.3 Å². The molecule has 2 aromatic rings. The molecule has 0 fully saturated rings. The van der Waals surface area contributed by atoms with Gasteiger partial charge in [-0.25, -0.2) is 4.98 Å². The minimum atomic E-state index is 0.126. The van der Waals surface area contributed by atoms with Crippen molar-refractivity contribution in [2.75, 3.05) is 6.54 Å². The van der Waals surface area contributed by atoms with Gasteiger partial charge in [-0.3, -0.25) is 0 Å². The first kappa shape index (κ1) is 9.85. The van der Waals surface area contributed by atoms with Crippen molar-refractivity contribution in [2.24, 2.45) is 5.73 Å². The molecule has 0 amide bonds. The number of nitrogens with two attached hydrogens (primary N) is 1. The summed E-state index contributed by atoms with van der Waals surface area (Å²) in [6.07, 6.45) is 4.24. The van der Waals surface area contributed by atoms with Crippen LogP contribution in [0.4, 0.5) is 0 Å².